The average Bonchev–Trinajstić information content (AvgIpc) is 2.78. The van der Waals surface area contributed by atoms with Crippen molar-refractivity contribution in [1.29, 1.82) is 0 Å². The summed E-state index contributed by atoms with van der Waals surface area (Å²) in [5.74, 6) is 0.150. The van der Waals surface area contributed by atoms with E-state index < -0.39 is 0 Å². The molecule has 0 aromatic heterocycles. The molecule has 0 radical (unpaired) electrons. The summed E-state index contributed by atoms with van der Waals surface area (Å²) in [5.41, 5.74) is 9.31. The largest absolute Gasteiger partial charge is 0.330 e. The minimum atomic E-state index is -0.0728. The molecule has 1 aliphatic carbocycles. The first-order chi connectivity index (χ1) is 8.50. The molecule has 18 heavy (non-hydrogen) atoms. The zero-order valence-corrected chi connectivity index (χ0v) is 11.7. The van der Waals surface area contributed by atoms with E-state index in [2.05, 4.69) is 6.07 Å². The normalized spacial score (nSPS) is 18.6. The fourth-order valence-corrected chi connectivity index (χ4v) is 3.34. The van der Waals surface area contributed by atoms with Crippen LogP contribution in [0.15, 0.2) is 12.1 Å². The molecule has 2 N–H and O–H groups in total. The van der Waals surface area contributed by atoms with Crippen molar-refractivity contribution in [2.24, 2.45) is 5.73 Å². The van der Waals surface area contributed by atoms with Crippen LogP contribution < -0.4 is 5.73 Å². The number of nitrogens with two attached hydrogens (primary N) is 1. The van der Waals surface area contributed by atoms with Gasteiger partial charge < -0.3 is 5.73 Å². The second kappa shape index (κ2) is 5.00. The maximum absolute atomic E-state index is 14.0. The number of benzene rings is 1. The van der Waals surface area contributed by atoms with Crippen LogP contribution in [0.2, 0.25) is 0 Å². The zero-order chi connectivity index (χ0) is 13.3. The summed E-state index contributed by atoms with van der Waals surface area (Å²) in [5, 5.41) is 0. The first kappa shape index (κ1) is 13.5. The van der Waals surface area contributed by atoms with Crippen molar-refractivity contribution in [3.8, 4) is 0 Å². The van der Waals surface area contributed by atoms with Gasteiger partial charge in [0.25, 0.3) is 0 Å². The highest BCUT2D eigenvalue weighted by Crippen LogP contribution is 2.42. The van der Waals surface area contributed by atoms with Gasteiger partial charge in [-0.25, -0.2) is 4.39 Å². The van der Waals surface area contributed by atoms with E-state index in [4.69, 9.17) is 5.73 Å². The van der Waals surface area contributed by atoms with E-state index in [0.717, 1.165) is 24.0 Å². The summed E-state index contributed by atoms with van der Waals surface area (Å²) in [6, 6.07) is 3.77. The molecule has 0 amide bonds. The van der Waals surface area contributed by atoms with E-state index in [1.807, 2.05) is 20.8 Å². The van der Waals surface area contributed by atoms with Crippen LogP contribution in [-0.4, -0.2) is 6.54 Å². The molecular weight excluding hydrogens is 225 g/mol. The van der Waals surface area contributed by atoms with Gasteiger partial charge in [-0.05, 0) is 48.4 Å². The summed E-state index contributed by atoms with van der Waals surface area (Å²) in [6.07, 6.45) is 4.77. The molecule has 100 valence electrons. The Balaban J connectivity index is 2.52. The van der Waals surface area contributed by atoms with Gasteiger partial charge >= 0.3 is 0 Å². The van der Waals surface area contributed by atoms with Gasteiger partial charge in [0, 0.05) is 12.0 Å². The SMILES string of the molecule is Cc1cc(F)c(C(C)C)cc1C1(CN)CCCC1. The molecule has 1 aromatic carbocycles. The Labute approximate surface area is 110 Å². The van der Waals surface area contributed by atoms with Crippen LogP contribution in [0.25, 0.3) is 0 Å². The van der Waals surface area contributed by atoms with E-state index >= 15 is 0 Å². The molecule has 0 heterocycles. The minimum Gasteiger partial charge on any atom is -0.330 e. The van der Waals surface area contributed by atoms with Gasteiger partial charge in [-0.1, -0.05) is 32.8 Å². The third-order valence-corrected chi connectivity index (χ3v) is 4.49. The molecule has 0 bridgehead atoms. The van der Waals surface area contributed by atoms with Crippen molar-refractivity contribution in [2.75, 3.05) is 6.54 Å². The molecule has 0 spiro atoms. The highest BCUT2D eigenvalue weighted by molar-refractivity contribution is 5.40. The van der Waals surface area contributed by atoms with Gasteiger partial charge in [0.05, 0.1) is 0 Å². The highest BCUT2D eigenvalue weighted by atomic mass is 19.1. The van der Waals surface area contributed by atoms with Gasteiger partial charge in [0.1, 0.15) is 5.82 Å². The Morgan fingerprint density at radius 1 is 1.28 bits per heavy atom. The van der Waals surface area contributed by atoms with Crippen molar-refractivity contribution in [3.63, 3.8) is 0 Å². The Kier molecular flexibility index (Phi) is 3.76. The molecule has 1 nitrogen and oxygen atoms in total. The molecule has 2 heteroatoms. The monoisotopic (exact) mass is 249 g/mol. The van der Waals surface area contributed by atoms with Crippen molar-refractivity contribution in [2.45, 2.75) is 57.8 Å². The van der Waals surface area contributed by atoms with Crippen LogP contribution in [0, 0.1) is 12.7 Å². The van der Waals surface area contributed by atoms with Crippen LogP contribution in [0.3, 0.4) is 0 Å². The van der Waals surface area contributed by atoms with Gasteiger partial charge in [0.15, 0.2) is 0 Å². The van der Waals surface area contributed by atoms with Crippen LogP contribution >= 0.6 is 0 Å². The van der Waals surface area contributed by atoms with E-state index in [-0.39, 0.29) is 17.2 Å². The second-order valence-electron chi connectivity index (χ2n) is 6.03. The highest BCUT2D eigenvalue weighted by Gasteiger charge is 2.35. The van der Waals surface area contributed by atoms with E-state index in [1.165, 1.54) is 18.4 Å². The maximum atomic E-state index is 14.0. The van der Waals surface area contributed by atoms with Gasteiger partial charge in [-0.3, -0.25) is 0 Å². The molecule has 2 rings (SSSR count). The third kappa shape index (κ3) is 2.18. The van der Waals surface area contributed by atoms with Crippen LogP contribution in [0.4, 0.5) is 4.39 Å². The van der Waals surface area contributed by atoms with Crippen molar-refractivity contribution in [3.05, 3.63) is 34.6 Å². The third-order valence-electron chi connectivity index (χ3n) is 4.49. The standard InChI is InChI=1S/C16H24FN/c1-11(2)13-9-14(12(3)8-15(13)17)16(10-18)6-4-5-7-16/h8-9,11H,4-7,10,18H2,1-3H3. The topological polar surface area (TPSA) is 26.0 Å². The van der Waals surface area contributed by atoms with E-state index in [1.54, 1.807) is 6.07 Å². The first-order valence-corrected chi connectivity index (χ1v) is 7.01. The van der Waals surface area contributed by atoms with Crippen LogP contribution in [0.1, 0.15) is 62.1 Å². The lowest BCUT2D eigenvalue weighted by molar-refractivity contribution is 0.448. The molecule has 0 saturated heterocycles. The summed E-state index contributed by atoms with van der Waals surface area (Å²) in [7, 11) is 0. The molecule has 0 atom stereocenters. The van der Waals surface area contributed by atoms with Crippen LogP contribution in [-0.2, 0) is 5.41 Å². The Morgan fingerprint density at radius 3 is 2.39 bits per heavy atom. The van der Waals surface area contributed by atoms with Gasteiger partial charge in [-0.15, -0.1) is 0 Å². The Hall–Kier alpha value is -0.890. The predicted molar refractivity (Wildman–Crippen MR) is 74.4 cm³/mol. The number of aryl methyl sites for hydroxylation is 1. The summed E-state index contributed by atoms with van der Waals surface area (Å²) in [4.78, 5) is 0. The van der Waals surface area contributed by atoms with E-state index in [9.17, 15) is 4.39 Å². The van der Waals surface area contributed by atoms with Gasteiger partial charge in [0.2, 0.25) is 0 Å². The smallest absolute Gasteiger partial charge is 0.126 e. The molecular formula is C16H24FN. The fraction of sp³-hybridized carbons (Fsp3) is 0.625. The lowest BCUT2D eigenvalue weighted by atomic mass is 9.75. The van der Waals surface area contributed by atoms with Crippen molar-refractivity contribution < 1.29 is 4.39 Å². The Morgan fingerprint density at radius 2 is 1.89 bits per heavy atom. The predicted octanol–water partition coefficient (Wildman–Crippen LogP) is 4.03. The summed E-state index contributed by atoms with van der Waals surface area (Å²) in [6.45, 7) is 6.78. The maximum Gasteiger partial charge on any atom is 0.126 e. The number of rotatable bonds is 3. The summed E-state index contributed by atoms with van der Waals surface area (Å²) >= 11 is 0. The molecule has 1 saturated carbocycles. The van der Waals surface area contributed by atoms with Crippen molar-refractivity contribution >= 4 is 0 Å². The second-order valence-corrected chi connectivity index (χ2v) is 6.03. The molecule has 1 aromatic rings. The number of hydrogen-bond acceptors (Lipinski definition) is 1. The average molecular weight is 249 g/mol. The first-order valence-electron chi connectivity index (χ1n) is 7.01. The number of hydrogen-bond donors (Lipinski definition) is 1. The zero-order valence-electron chi connectivity index (χ0n) is 11.7. The fourth-order valence-electron chi connectivity index (χ4n) is 3.34. The lowest BCUT2D eigenvalue weighted by Crippen LogP contribution is -2.33. The quantitative estimate of drug-likeness (QED) is 0.860. The van der Waals surface area contributed by atoms with E-state index in [0.29, 0.717) is 6.54 Å². The summed E-state index contributed by atoms with van der Waals surface area (Å²) < 4.78 is 14.0. The van der Waals surface area contributed by atoms with Crippen molar-refractivity contribution in [1.82, 2.24) is 0 Å². The molecule has 1 aliphatic rings. The molecule has 1 fully saturated rings. The van der Waals surface area contributed by atoms with Gasteiger partial charge in [-0.2, -0.15) is 0 Å². The lowest BCUT2D eigenvalue weighted by Gasteiger charge is -2.30. The minimum absolute atomic E-state index is 0.0728. The molecule has 0 unspecified atom stereocenters. The number of halogens is 1. The van der Waals surface area contributed by atoms with Crippen LogP contribution in [0.5, 0.6) is 0 Å². The Bertz CT molecular complexity index is 431. The molecule has 0 aliphatic heterocycles.